The van der Waals surface area contributed by atoms with Crippen molar-refractivity contribution in [1.82, 2.24) is 0 Å². The molecule has 0 aromatic rings. The first-order valence-electron chi connectivity index (χ1n) is 12.6. The molecule has 0 aliphatic heterocycles. The molecule has 0 bridgehead atoms. The third-order valence-electron chi connectivity index (χ3n) is 7.35. The van der Waals surface area contributed by atoms with Crippen molar-refractivity contribution in [3.05, 3.63) is 23.8 Å². The molecule has 8 nitrogen and oxygen atoms in total. The van der Waals surface area contributed by atoms with Crippen LogP contribution in [-0.2, 0) is 19.1 Å². The van der Waals surface area contributed by atoms with Gasteiger partial charge >= 0.3 is 11.9 Å². The number of aliphatic hydroxyl groups excluding tert-OH is 3. The molecule has 34 heavy (non-hydrogen) atoms. The number of rotatable bonds is 13. The average Bonchev–Trinajstić information content (AvgIpc) is 2.76. The van der Waals surface area contributed by atoms with E-state index in [1.54, 1.807) is 0 Å². The highest BCUT2D eigenvalue weighted by atomic mass is 16.6. The molecule has 0 saturated heterocycles. The van der Waals surface area contributed by atoms with Crippen LogP contribution in [0.5, 0.6) is 0 Å². The van der Waals surface area contributed by atoms with E-state index >= 15 is 0 Å². The summed E-state index contributed by atoms with van der Waals surface area (Å²) in [5.74, 6) is -1.43. The second-order valence-electron chi connectivity index (χ2n) is 9.67. The van der Waals surface area contributed by atoms with E-state index in [1.807, 2.05) is 32.9 Å². The number of carboxylic acid groups (broad SMARTS) is 1. The van der Waals surface area contributed by atoms with Crippen molar-refractivity contribution in [2.24, 2.45) is 17.8 Å². The predicted molar refractivity (Wildman–Crippen MR) is 127 cm³/mol. The number of fused-ring (bicyclic) bond motifs is 1. The zero-order chi connectivity index (χ0) is 25.5. The van der Waals surface area contributed by atoms with Crippen molar-refractivity contribution >= 4 is 11.9 Å². The number of hydrogen-bond donors (Lipinski definition) is 4. The molecule has 8 heteroatoms. The molecule has 0 aromatic carbocycles. The van der Waals surface area contributed by atoms with Crippen molar-refractivity contribution in [3.8, 4) is 0 Å². The number of carboxylic acids is 1. The minimum atomic E-state index is -1.10. The molecular weight excluding hydrogens is 440 g/mol. The van der Waals surface area contributed by atoms with Gasteiger partial charge < -0.3 is 29.9 Å². The van der Waals surface area contributed by atoms with E-state index in [9.17, 15) is 24.9 Å². The number of allylic oxidation sites excluding steroid dienone is 2. The highest BCUT2D eigenvalue weighted by molar-refractivity contribution is 5.79. The molecule has 0 amide bonds. The molecule has 0 radical (unpaired) electrons. The third kappa shape index (κ3) is 7.13. The Morgan fingerprint density at radius 1 is 1.18 bits per heavy atom. The minimum Gasteiger partial charge on any atom is -0.481 e. The molecule has 0 unspecified atom stereocenters. The first kappa shape index (κ1) is 28.5. The van der Waals surface area contributed by atoms with Gasteiger partial charge in [0.2, 0.25) is 0 Å². The van der Waals surface area contributed by atoms with E-state index in [1.165, 1.54) is 0 Å². The van der Waals surface area contributed by atoms with E-state index in [-0.39, 0.29) is 24.2 Å². The summed E-state index contributed by atoms with van der Waals surface area (Å²) in [7, 11) is 0. The summed E-state index contributed by atoms with van der Waals surface area (Å²) < 4.78 is 11.9. The standard InChI is InChI=1S/C26H42O8/c1-5-26(6-2,33-7-3)25(32)34-22-14-19(28)12-17-9-8-16(4)21(24(17)22)11-10-18(27)13-20(29)15-23(30)31/h8-9,12,16,18-22,24,27-29H,5-7,10-11,13-15H2,1-4H3,(H,30,31)/t16-,18+,19+,20+,21-,22-,24-/m0/s1. The van der Waals surface area contributed by atoms with Gasteiger partial charge in [0.15, 0.2) is 5.60 Å². The Kier molecular flexibility index (Phi) is 10.7. The van der Waals surface area contributed by atoms with Crippen molar-refractivity contribution in [3.63, 3.8) is 0 Å². The number of ether oxygens (including phenoxy) is 2. The lowest BCUT2D eigenvalue weighted by Gasteiger charge is -2.44. The summed E-state index contributed by atoms with van der Waals surface area (Å²) in [6.45, 7) is 8.12. The summed E-state index contributed by atoms with van der Waals surface area (Å²) in [6.07, 6.45) is 4.56. The van der Waals surface area contributed by atoms with Gasteiger partial charge in [-0.2, -0.15) is 0 Å². The van der Waals surface area contributed by atoms with Gasteiger partial charge in [-0.15, -0.1) is 0 Å². The van der Waals surface area contributed by atoms with Gasteiger partial charge in [0.25, 0.3) is 0 Å². The number of carbonyl (C=O) groups is 2. The molecule has 7 atom stereocenters. The lowest BCUT2D eigenvalue weighted by molar-refractivity contribution is -0.184. The number of hydrogen-bond acceptors (Lipinski definition) is 7. The second-order valence-corrected chi connectivity index (χ2v) is 9.67. The molecule has 0 saturated carbocycles. The molecule has 2 aliphatic rings. The van der Waals surface area contributed by atoms with Gasteiger partial charge in [0, 0.05) is 18.9 Å². The van der Waals surface area contributed by atoms with E-state index in [2.05, 4.69) is 13.0 Å². The van der Waals surface area contributed by atoms with E-state index in [0.717, 1.165) is 5.57 Å². The Balaban J connectivity index is 2.18. The molecule has 2 aliphatic carbocycles. The highest BCUT2D eigenvalue weighted by Gasteiger charge is 2.45. The van der Waals surface area contributed by atoms with Crippen LogP contribution in [-0.4, -0.2) is 69.0 Å². The van der Waals surface area contributed by atoms with E-state index in [4.69, 9.17) is 14.6 Å². The zero-order valence-electron chi connectivity index (χ0n) is 20.9. The van der Waals surface area contributed by atoms with Crippen LogP contribution in [0.25, 0.3) is 0 Å². The van der Waals surface area contributed by atoms with Gasteiger partial charge in [-0.25, -0.2) is 4.79 Å². The van der Waals surface area contributed by atoms with Gasteiger partial charge in [-0.3, -0.25) is 4.79 Å². The summed E-state index contributed by atoms with van der Waals surface area (Å²) >= 11 is 0. The Labute approximate surface area is 202 Å². The van der Waals surface area contributed by atoms with Crippen molar-refractivity contribution in [2.45, 2.75) is 103 Å². The van der Waals surface area contributed by atoms with Gasteiger partial charge in [0.05, 0.1) is 24.7 Å². The maximum Gasteiger partial charge on any atom is 0.338 e. The summed E-state index contributed by atoms with van der Waals surface area (Å²) in [5.41, 5.74) is -0.0848. The normalized spacial score (nSPS) is 28.6. The van der Waals surface area contributed by atoms with Gasteiger partial charge in [0.1, 0.15) is 6.10 Å². The van der Waals surface area contributed by atoms with Crippen LogP contribution in [0.4, 0.5) is 0 Å². The highest BCUT2D eigenvalue weighted by Crippen LogP contribution is 2.44. The van der Waals surface area contributed by atoms with Crippen LogP contribution in [0.15, 0.2) is 23.8 Å². The van der Waals surface area contributed by atoms with Crippen LogP contribution in [0, 0.1) is 17.8 Å². The topological polar surface area (TPSA) is 134 Å². The van der Waals surface area contributed by atoms with Crippen molar-refractivity contribution in [2.75, 3.05) is 6.61 Å². The Hall–Kier alpha value is -1.74. The number of esters is 1. The fraction of sp³-hybridized carbons (Fsp3) is 0.769. The lowest BCUT2D eigenvalue weighted by Crippen LogP contribution is -2.48. The quantitative estimate of drug-likeness (QED) is 0.295. The maximum absolute atomic E-state index is 13.2. The van der Waals surface area contributed by atoms with Crippen LogP contribution in [0.2, 0.25) is 0 Å². The SMILES string of the molecule is CCOC(CC)(CC)C(=O)O[C@H]1C[C@H](O)C=C2C=C[C@H](C)[C@H](CC[C@@H](O)C[C@@H](O)CC(=O)O)[C@H]21. The third-order valence-corrected chi connectivity index (χ3v) is 7.35. The second kappa shape index (κ2) is 12.8. The van der Waals surface area contributed by atoms with E-state index in [0.29, 0.717) is 38.7 Å². The van der Waals surface area contributed by atoms with Gasteiger partial charge in [-0.05, 0) is 56.4 Å². The first-order chi connectivity index (χ1) is 16.1. The number of aliphatic carboxylic acids is 1. The summed E-state index contributed by atoms with van der Waals surface area (Å²) in [5, 5.41) is 39.5. The zero-order valence-corrected chi connectivity index (χ0v) is 20.9. The molecule has 194 valence electrons. The predicted octanol–water partition coefficient (Wildman–Crippen LogP) is 2.99. The van der Waals surface area contributed by atoms with Crippen LogP contribution in [0.3, 0.4) is 0 Å². The first-order valence-corrected chi connectivity index (χ1v) is 12.6. The Morgan fingerprint density at radius 3 is 2.44 bits per heavy atom. The van der Waals surface area contributed by atoms with Crippen LogP contribution >= 0.6 is 0 Å². The lowest BCUT2D eigenvalue weighted by atomic mass is 9.66. The van der Waals surface area contributed by atoms with Gasteiger partial charge in [-0.1, -0.05) is 39.0 Å². The molecule has 0 spiro atoms. The molecule has 0 fully saturated rings. The average molecular weight is 483 g/mol. The van der Waals surface area contributed by atoms with Crippen LogP contribution < -0.4 is 0 Å². The minimum absolute atomic E-state index is 0.00237. The van der Waals surface area contributed by atoms with E-state index < -0.39 is 48.4 Å². The monoisotopic (exact) mass is 482 g/mol. The van der Waals surface area contributed by atoms with Crippen molar-refractivity contribution < 1.29 is 39.5 Å². The van der Waals surface area contributed by atoms with Crippen molar-refractivity contribution in [1.29, 1.82) is 0 Å². The fourth-order valence-electron chi connectivity index (χ4n) is 5.41. The largest absolute Gasteiger partial charge is 0.481 e. The summed E-state index contributed by atoms with van der Waals surface area (Å²) in [6, 6.07) is 0. The fourth-order valence-corrected chi connectivity index (χ4v) is 5.41. The molecule has 0 aromatic heterocycles. The Morgan fingerprint density at radius 2 is 1.85 bits per heavy atom. The molecule has 0 heterocycles. The molecule has 2 rings (SSSR count). The molecule has 4 N–H and O–H groups in total. The van der Waals surface area contributed by atoms with Crippen LogP contribution in [0.1, 0.15) is 72.6 Å². The Bertz CT molecular complexity index is 741. The molecular formula is C26H42O8. The maximum atomic E-state index is 13.2. The summed E-state index contributed by atoms with van der Waals surface area (Å²) in [4.78, 5) is 24.0. The smallest absolute Gasteiger partial charge is 0.338 e. The number of carbonyl (C=O) groups excluding carboxylic acids is 1. The number of aliphatic hydroxyl groups is 3.